The van der Waals surface area contributed by atoms with Gasteiger partial charge in [-0.1, -0.05) is 67.9 Å². The van der Waals surface area contributed by atoms with Crippen molar-refractivity contribution in [3.63, 3.8) is 0 Å². The average Bonchev–Trinajstić information content (AvgIpc) is 3.16. The summed E-state index contributed by atoms with van der Waals surface area (Å²) in [6.07, 6.45) is 5.24. The van der Waals surface area contributed by atoms with Gasteiger partial charge >= 0.3 is 0 Å². The third kappa shape index (κ3) is 5.92. The number of hydrogen-bond donors (Lipinski definition) is 1. The summed E-state index contributed by atoms with van der Waals surface area (Å²) in [5.41, 5.74) is 7.93. The molecule has 5 heteroatoms. The Kier molecular flexibility index (Phi) is 8.43. The largest absolute Gasteiger partial charge is 0.464 e. The molecular weight excluding hydrogens is 494 g/mol. The Morgan fingerprint density at radius 2 is 1.55 bits per heavy atom. The minimum atomic E-state index is -0.844. The summed E-state index contributed by atoms with van der Waals surface area (Å²) < 4.78 is 6.03. The molecule has 0 saturated carbocycles. The molecule has 0 bridgehead atoms. The van der Waals surface area contributed by atoms with Crippen LogP contribution in [0.5, 0.6) is 5.75 Å². The van der Waals surface area contributed by atoms with Gasteiger partial charge in [-0.3, -0.25) is 9.88 Å². The van der Waals surface area contributed by atoms with Crippen LogP contribution in [0, 0.1) is 0 Å². The minimum Gasteiger partial charge on any atom is -0.464 e. The van der Waals surface area contributed by atoms with Crippen LogP contribution in [0.15, 0.2) is 78.9 Å². The van der Waals surface area contributed by atoms with Crippen molar-refractivity contribution < 1.29 is 9.84 Å². The highest BCUT2D eigenvalue weighted by Gasteiger charge is 2.30. The number of aliphatic hydroxyl groups is 1. The number of unbranched alkanes of at least 4 members (excludes halogenated alkanes) is 1. The van der Waals surface area contributed by atoms with Gasteiger partial charge < -0.3 is 14.7 Å². The maximum atomic E-state index is 10.8. The van der Waals surface area contributed by atoms with Crippen LogP contribution in [-0.4, -0.2) is 58.9 Å². The first-order valence-corrected chi connectivity index (χ1v) is 15.0. The highest BCUT2D eigenvalue weighted by Crippen LogP contribution is 2.37. The van der Waals surface area contributed by atoms with Gasteiger partial charge in [0.05, 0.1) is 11.6 Å². The van der Waals surface area contributed by atoms with Crippen LogP contribution < -0.4 is 4.74 Å². The third-order valence-electron chi connectivity index (χ3n) is 8.63. The van der Waals surface area contributed by atoms with E-state index in [1.54, 1.807) is 0 Å². The highest BCUT2D eigenvalue weighted by atomic mass is 16.6. The Morgan fingerprint density at radius 3 is 2.25 bits per heavy atom. The molecule has 2 aliphatic rings. The standard InChI is InChI=1S/C35H41N3O2/c1-2-3-11-28-18-19-31-32(36-28)14-8-15-33(31)40-34(39)20-21-37-22-24-38(25-23-37)35-29-12-6-4-9-26(29)16-17-27-10-5-7-13-30(27)35/h4-10,12-15,18-19,34-35,39H,2-3,11,16-17,20-25H2,1H3. The van der Waals surface area contributed by atoms with Gasteiger partial charge in [-0.25, -0.2) is 0 Å². The fourth-order valence-electron chi connectivity index (χ4n) is 6.40. The molecule has 3 aromatic carbocycles. The predicted molar refractivity (Wildman–Crippen MR) is 162 cm³/mol. The number of nitrogens with zero attached hydrogens (tertiary/aromatic N) is 3. The van der Waals surface area contributed by atoms with Gasteiger partial charge in [-0.05, 0) is 72.2 Å². The van der Waals surface area contributed by atoms with Gasteiger partial charge in [0.1, 0.15) is 5.75 Å². The molecule has 5 nitrogen and oxygen atoms in total. The van der Waals surface area contributed by atoms with E-state index in [4.69, 9.17) is 9.72 Å². The zero-order valence-corrected chi connectivity index (χ0v) is 23.6. The number of piperazine rings is 1. The summed E-state index contributed by atoms with van der Waals surface area (Å²) in [5, 5.41) is 11.7. The van der Waals surface area contributed by atoms with Crippen molar-refractivity contribution >= 4 is 10.9 Å². The molecule has 1 saturated heterocycles. The van der Waals surface area contributed by atoms with Crippen molar-refractivity contribution in [3.05, 3.63) is 107 Å². The Bertz CT molecular complexity index is 1380. The smallest absolute Gasteiger partial charge is 0.198 e. The summed E-state index contributed by atoms with van der Waals surface area (Å²) >= 11 is 0. The zero-order chi connectivity index (χ0) is 27.3. The third-order valence-corrected chi connectivity index (χ3v) is 8.63. The van der Waals surface area contributed by atoms with Crippen LogP contribution in [-0.2, 0) is 19.3 Å². The number of ether oxygens (including phenoxy) is 1. The van der Waals surface area contributed by atoms with Crippen LogP contribution in [0.2, 0.25) is 0 Å². The van der Waals surface area contributed by atoms with Gasteiger partial charge in [0, 0.05) is 50.2 Å². The summed E-state index contributed by atoms with van der Waals surface area (Å²) in [5.74, 6) is 0.704. The highest BCUT2D eigenvalue weighted by molar-refractivity contribution is 5.85. The maximum Gasteiger partial charge on any atom is 0.198 e. The lowest BCUT2D eigenvalue weighted by Crippen LogP contribution is -2.48. The van der Waals surface area contributed by atoms with E-state index in [1.165, 1.54) is 22.3 Å². The van der Waals surface area contributed by atoms with Crippen LogP contribution in [0.25, 0.3) is 10.9 Å². The lowest BCUT2D eigenvalue weighted by atomic mass is 9.92. The molecule has 1 N–H and O–H groups in total. The van der Waals surface area contributed by atoms with Crippen molar-refractivity contribution in [3.8, 4) is 5.75 Å². The molecule has 1 atom stereocenters. The zero-order valence-electron chi connectivity index (χ0n) is 23.6. The number of aryl methyl sites for hydroxylation is 3. The summed E-state index contributed by atoms with van der Waals surface area (Å²) in [4.78, 5) is 9.92. The first-order chi connectivity index (χ1) is 19.7. The Labute approximate surface area is 238 Å². The van der Waals surface area contributed by atoms with Gasteiger partial charge in [0.25, 0.3) is 0 Å². The van der Waals surface area contributed by atoms with Crippen LogP contribution in [0.1, 0.15) is 60.2 Å². The van der Waals surface area contributed by atoms with E-state index in [0.29, 0.717) is 18.2 Å². The van der Waals surface area contributed by atoms with E-state index in [9.17, 15) is 5.11 Å². The van der Waals surface area contributed by atoms with Gasteiger partial charge in [0.2, 0.25) is 0 Å². The monoisotopic (exact) mass is 535 g/mol. The van der Waals surface area contributed by atoms with Gasteiger partial charge in [0.15, 0.2) is 6.29 Å². The number of aromatic nitrogens is 1. The van der Waals surface area contributed by atoms with E-state index < -0.39 is 6.29 Å². The second-order valence-electron chi connectivity index (χ2n) is 11.3. The lowest BCUT2D eigenvalue weighted by Gasteiger charge is -2.40. The molecule has 1 aliphatic heterocycles. The molecule has 0 radical (unpaired) electrons. The van der Waals surface area contributed by atoms with Crippen LogP contribution in [0.3, 0.4) is 0 Å². The molecule has 6 rings (SSSR count). The molecule has 1 aromatic heterocycles. The van der Waals surface area contributed by atoms with Gasteiger partial charge in [-0.2, -0.15) is 0 Å². The molecule has 0 spiro atoms. The minimum absolute atomic E-state index is 0.313. The van der Waals surface area contributed by atoms with Crippen LogP contribution in [0.4, 0.5) is 0 Å². The summed E-state index contributed by atoms with van der Waals surface area (Å²) in [6.45, 7) is 7.03. The van der Waals surface area contributed by atoms with Crippen LogP contribution >= 0.6 is 0 Å². The molecular formula is C35H41N3O2. The molecule has 2 heterocycles. The SMILES string of the molecule is CCCCc1ccc2c(OC(O)CCN3CCN(C4c5ccccc5CCc5ccccc54)CC3)cccc2n1. The fourth-order valence-corrected chi connectivity index (χ4v) is 6.40. The number of benzene rings is 3. The molecule has 1 aliphatic carbocycles. The second kappa shape index (κ2) is 12.5. The van der Waals surface area contributed by atoms with E-state index in [0.717, 1.165) is 81.4 Å². The predicted octanol–water partition coefficient (Wildman–Crippen LogP) is 6.17. The number of aliphatic hydroxyl groups excluding tert-OH is 1. The number of fused-ring (bicyclic) bond motifs is 3. The Balaban J connectivity index is 1.06. The van der Waals surface area contributed by atoms with E-state index in [-0.39, 0.29) is 0 Å². The van der Waals surface area contributed by atoms with Crippen molar-refractivity contribution in [1.82, 2.24) is 14.8 Å². The summed E-state index contributed by atoms with van der Waals surface area (Å²) in [6, 6.07) is 28.4. The normalized spacial score (nSPS) is 17.2. The number of rotatable bonds is 9. The number of hydrogen-bond acceptors (Lipinski definition) is 5. The quantitative estimate of drug-likeness (QED) is 0.260. The fraction of sp³-hybridized carbons (Fsp3) is 0.400. The topological polar surface area (TPSA) is 48.8 Å². The van der Waals surface area contributed by atoms with E-state index in [2.05, 4.69) is 77.4 Å². The van der Waals surface area contributed by atoms with Crippen molar-refractivity contribution in [2.24, 2.45) is 0 Å². The molecule has 4 aromatic rings. The Hall–Kier alpha value is -3.25. The van der Waals surface area contributed by atoms with Crippen molar-refractivity contribution in [2.75, 3.05) is 32.7 Å². The second-order valence-corrected chi connectivity index (χ2v) is 11.3. The molecule has 0 amide bonds. The first-order valence-electron chi connectivity index (χ1n) is 15.0. The van der Waals surface area contributed by atoms with E-state index in [1.807, 2.05) is 18.2 Å². The molecule has 1 unspecified atom stereocenters. The average molecular weight is 536 g/mol. The van der Waals surface area contributed by atoms with E-state index >= 15 is 0 Å². The van der Waals surface area contributed by atoms with Crippen molar-refractivity contribution in [2.45, 2.75) is 57.8 Å². The molecule has 208 valence electrons. The molecule has 40 heavy (non-hydrogen) atoms. The molecule has 1 fully saturated rings. The maximum absolute atomic E-state index is 10.8. The van der Waals surface area contributed by atoms with Gasteiger partial charge in [-0.15, -0.1) is 0 Å². The first kappa shape index (κ1) is 26.9. The lowest BCUT2D eigenvalue weighted by molar-refractivity contribution is -0.0309. The summed E-state index contributed by atoms with van der Waals surface area (Å²) in [7, 11) is 0. The Morgan fingerprint density at radius 1 is 0.850 bits per heavy atom. The number of pyridine rings is 1. The van der Waals surface area contributed by atoms with Crippen molar-refractivity contribution in [1.29, 1.82) is 0 Å².